The van der Waals surface area contributed by atoms with Gasteiger partial charge in [0.15, 0.2) is 0 Å². The summed E-state index contributed by atoms with van der Waals surface area (Å²) in [5, 5.41) is 4.86. The minimum Gasteiger partial charge on any atom is -0.216 e. The number of hydrogen-bond acceptors (Lipinski definition) is 2. The van der Waals surface area contributed by atoms with Crippen molar-refractivity contribution in [3.8, 4) is 0 Å². The number of unbranched alkanes of at least 4 members (excludes halogenated alkanes) is 1. The normalized spacial score (nSPS) is 16.9. The first kappa shape index (κ1) is 12.9. The highest BCUT2D eigenvalue weighted by atomic mass is 32.2. The molecule has 2 unspecified atom stereocenters. The van der Waals surface area contributed by atoms with Gasteiger partial charge in [0, 0.05) is 6.04 Å². The molecule has 0 bridgehead atoms. The van der Waals surface area contributed by atoms with E-state index in [1.807, 2.05) is 13.8 Å². The summed E-state index contributed by atoms with van der Waals surface area (Å²) in [6.07, 6.45) is 3.28. The molecule has 2 atom stereocenters. The Balaban J connectivity index is 3.89. The van der Waals surface area contributed by atoms with Crippen molar-refractivity contribution in [3.05, 3.63) is 0 Å². The van der Waals surface area contributed by atoms with Gasteiger partial charge in [-0.3, -0.25) is 0 Å². The van der Waals surface area contributed by atoms with Crippen LogP contribution in [-0.4, -0.2) is 14.5 Å². The Hall–Kier alpha value is -0.130. The van der Waals surface area contributed by atoms with Crippen molar-refractivity contribution in [1.29, 1.82) is 0 Å². The molecular weight excluding hydrogens is 188 g/mol. The zero-order valence-electron chi connectivity index (χ0n) is 8.58. The van der Waals surface area contributed by atoms with Crippen LogP contribution in [0.25, 0.3) is 0 Å². The fourth-order valence-corrected chi connectivity index (χ4v) is 1.90. The SMILES string of the molecule is CCCCC(C)C(C)NS(N)(=O)=O. The van der Waals surface area contributed by atoms with Crippen LogP contribution < -0.4 is 9.86 Å². The molecule has 4 nitrogen and oxygen atoms in total. The number of rotatable bonds is 6. The largest absolute Gasteiger partial charge is 0.274 e. The molecule has 0 aliphatic rings. The van der Waals surface area contributed by atoms with Crippen LogP contribution >= 0.6 is 0 Å². The van der Waals surface area contributed by atoms with Gasteiger partial charge in [-0.25, -0.2) is 5.14 Å². The maximum atomic E-state index is 10.7. The van der Waals surface area contributed by atoms with E-state index in [9.17, 15) is 8.42 Å². The van der Waals surface area contributed by atoms with Crippen LogP contribution in [-0.2, 0) is 10.2 Å². The molecular formula is C8H20N2O2S. The second-order valence-corrected chi connectivity index (χ2v) is 4.90. The topological polar surface area (TPSA) is 72.2 Å². The molecule has 13 heavy (non-hydrogen) atoms. The van der Waals surface area contributed by atoms with Crippen molar-refractivity contribution in [2.45, 2.75) is 46.1 Å². The van der Waals surface area contributed by atoms with Crippen LogP contribution in [0.4, 0.5) is 0 Å². The Bertz CT molecular complexity index is 226. The summed E-state index contributed by atoms with van der Waals surface area (Å²) in [4.78, 5) is 0. The van der Waals surface area contributed by atoms with Gasteiger partial charge < -0.3 is 0 Å². The lowest BCUT2D eigenvalue weighted by molar-refractivity contribution is 0.407. The fraction of sp³-hybridized carbons (Fsp3) is 1.00. The molecule has 0 saturated carbocycles. The smallest absolute Gasteiger partial charge is 0.216 e. The first-order valence-electron chi connectivity index (χ1n) is 4.67. The maximum absolute atomic E-state index is 10.7. The molecule has 0 saturated heterocycles. The van der Waals surface area contributed by atoms with Crippen molar-refractivity contribution < 1.29 is 8.42 Å². The van der Waals surface area contributed by atoms with E-state index in [2.05, 4.69) is 11.6 Å². The van der Waals surface area contributed by atoms with E-state index in [1.54, 1.807) is 0 Å². The standard InChI is InChI=1S/C8H20N2O2S/c1-4-5-6-7(2)8(3)10-13(9,11)12/h7-8,10H,4-6H2,1-3H3,(H2,9,11,12). The van der Waals surface area contributed by atoms with E-state index in [-0.39, 0.29) is 6.04 Å². The Morgan fingerprint density at radius 2 is 1.92 bits per heavy atom. The Morgan fingerprint density at radius 3 is 2.31 bits per heavy atom. The first-order chi connectivity index (χ1) is 5.87. The highest BCUT2D eigenvalue weighted by molar-refractivity contribution is 7.87. The summed E-state index contributed by atoms with van der Waals surface area (Å²) >= 11 is 0. The van der Waals surface area contributed by atoms with Crippen molar-refractivity contribution >= 4 is 10.2 Å². The summed E-state index contributed by atoms with van der Waals surface area (Å²) in [6, 6.07) is -0.0819. The van der Waals surface area contributed by atoms with E-state index in [0.717, 1.165) is 19.3 Å². The highest BCUT2D eigenvalue weighted by Gasteiger charge is 2.15. The zero-order valence-corrected chi connectivity index (χ0v) is 9.39. The van der Waals surface area contributed by atoms with E-state index in [1.165, 1.54) is 0 Å². The average Bonchev–Trinajstić information content (AvgIpc) is 1.96. The van der Waals surface area contributed by atoms with E-state index in [0.29, 0.717) is 5.92 Å². The lowest BCUT2D eigenvalue weighted by Gasteiger charge is -2.19. The molecule has 5 heteroatoms. The summed E-state index contributed by atoms with van der Waals surface area (Å²) in [7, 11) is -3.54. The average molecular weight is 208 g/mol. The van der Waals surface area contributed by atoms with E-state index < -0.39 is 10.2 Å². The van der Waals surface area contributed by atoms with Gasteiger partial charge in [-0.05, 0) is 19.3 Å². The minimum atomic E-state index is -3.54. The summed E-state index contributed by atoms with van der Waals surface area (Å²) in [6.45, 7) is 5.98. The summed E-state index contributed by atoms with van der Waals surface area (Å²) in [5.41, 5.74) is 0. The van der Waals surface area contributed by atoms with Crippen LogP contribution in [0.5, 0.6) is 0 Å². The van der Waals surface area contributed by atoms with Crippen molar-refractivity contribution in [2.24, 2.45) is 11.1 Å². The van der Waals surface area contributed by atoms with Crippen molar-refractivity contribution in [2.75, 3.05) is 0 Å². The van der Waals surface area contributed by atoms with Crippen LogP contribution in [0, 0.1) is 5.92 Å². The third-order valence-corrected chi connectivity index (χ3v) is 2.92. The van der Waals surface area contributed by atoms with Gasteiger partial charge in [0.25, 0.3) is 10.2 Å². The van der Waals surface area contributed by atoms with Gasteiger partial charge in [0.2, 0.25) is 0 Å². The Labute approximate surface area is 81.1 Å². The first-order valence-corrected chi connectivity index (χ1v) is 6.21. The molecule has 0 heterocycles. The van der Waals surface area contributed by atoms with Gasteiger partial charge in [-0.2, -0.15) is 13.1 Å². The number of nitrogens with two attached hydrogens (primary N) is 1. The van der Waals surface area contributed by atoms with Crippen molar-refractivity contribution in [3.63, 3.8) is 0 Å². The van der Waals surface area contributed by atoms with Crippen LogP contribution in [0.2, 0.25) is 0 Å². The predicted octanol–water partition coefficient (Wildman–Crippen LogP) is 0.994. The van der Waals surface area contributed by atoms with Gasteiger partial charge in [-0.1, -0.05) is 26.7 Å². The van der Waals surface area contributed by atoms with Crippen LogP contribution in [0.3, 0.4) is 0 Å². The molecule has 0 aromatic carbocycles. The molecule has 3 N–H and O–H groups in total. The van der Waals surface area contributed by atoms with E-state index >= 15 is 0 Å². The van der Waals surface area contributed by atoms with Gasteiger partial charge in [-0.15, -0.1) is 0 Å². The van der Waals surface area contributed by atoms with Crippen LogP contribution in [0.15, 0.2) is 0 Å². The highest BCUT2D eigenvalue weighted by Crippen LogP contribution is 2.11. The zero-order chi connectivity index (χ0) is 10.5. The second-order valence-electron chi connectivity index (χ2n) is 3.57. The van der Waals surface area contributed by atoms with Crippen LogP contribution in [0.1, 0.15) is 40.0 Å². The second kappa shape index (κ2) is 5.57. The lowest BCUT2D eigenvalue weighted by Crippen LogP contribution is -2.41. The molecule has 0 fully saturated rings. The van der Waals surface area contributed by atoms with Gasteiger partial charge in [0.1, 0.15) is 0 Å². The fourth-order valence-electron chi connectivity index (χ4n) is 1.15. The molecule has 0 aromatic heterocycles. The predicted molar refractivity (Wildman–Crippen MR) is 54.4 cm³/mol. The molecule has 0 aliphatic carbocycles. The number of hydrogen-bond donors (Lipinski definition) is 2. The quantitative estimate of drug-likeness (QED) is 0.683. The van der Waals surface area contributed by atoms with Gasteiger partial charge >= 0.3 is 0 Å². The monoisotopic (exact) mass is 208 g/mol. The summed E-state index contributed by atoms with van der Waals surface area (Å²) in [5.74, 6) is 0.332. The van der Waals surface area contributed by atoms with Gasteiger partial charge in [0.05, 0.1) is 0 Å². The number of nitrogens with one attached hydrogen (secondary N) is 1. The molecule has 0 rings (SSSR count). The van der Waals surface area contributed by atoms with E-state index in [4.69, 9.17) is 5.14 Å². The molecule has 80 valence electrons. The molecule has 0 amide bonds. The molecule has 0 aliphatic heterocycles. The molecule has 0 spiro atoms. The molecule has 0 aromatic rings. The lowest BCUT2D eigenvalue weighted by atomic mass is 9.98. The minimum absolute atomic E-state index is 0.0819. The van der Waals surface area contributed by atoms with Crippen molar-refractivity contribution in [1.82, 2.24) is 4.72 Å². The maximum Gasteiger partial charge on any atom is 0.274 e. The third-order valence-electron chi connectivity index (χ3n) is 2.22. The third kappa shape index (κ3) is 6.98. The Kier molecular flexibility index (Phi) is 5.51. The Morgan fingerprint density at radius 1 is 1.38 bits per heavy atom. The molecule has 0 radical (unpaired) electrons. The summed E-state index contributed by atoms with van der Waals surface area (Å²) < 4.78 is 23.8.